The van der Waals surface area contributed by atoms with Gasteiger partial charge in [0.2, 0.25) is 0 Å². The lowest BCUT2D eigenvalue weighted by molar-refractivity contribution is 0.161. The number of para-hydroxylation sites is 1. The van der Waals surface area contributed by atoms with Crippen molar-refractivity contribution >= 4 is 12.4 Å². The van der Waals surface area contributed by atoms with E-state index in [0.717, 1.165) is 48.1 Å². The fourth-order valence-electron chi connectivity index (χ4n) is 3.91. The van der Waals surface area contributed by atoms with E-state index in [1.807, 2.05) is 24.4 Å². The largest absolute Gasteiger partial charge is 0.496 e. The van der Waals surface area contributed by atoms with Crippen molar-refractivity contribution in [3.63, 3.8) is 0 Å². The van der Waals surface area contributed by atoms with Crippen molar-refractivity contribution in [3.8, 4) is 22.6 Å². The minimum Gasteiger partial charge on any atom is -0.496 e. The highest BCUT2D eigenvalue weighted by Gasteiger charge is 2.38. The van der Waals surface area contributed by atoms with Gasteiger partial charge in [-0.25, -0.2) is 0 Å². The Morgan fingerprint density at radius 2 is 1.92 bits per heavy atom. The fourth-order valence-corrected chi connectivity index (χ4v) is 3.91. The second kappa shape index (κ2) is 7.41. The van der Waals surface area contributed by atoms with Crippen LogP contribution in [0, 0.1) is 11.8 Å². The Kier molecular flexibility index (Phi) is 5.27. The first-order chi connectivity index (χ1) is 11.3. The monoisotopic (exact) mass is 346 g/mol. The Bertz CT molecular complexity index is 695. The lowest BCUT2D eigenvalue weighted by Gasteiger charge is -2.24. The molecule has 1 aromatic carbocycles. The van der Waals surface area contributed by atoms with Crippen LogP contribution >= 0.6 is 12.4 Å². The second-order valence-electron chi connectivity index (χ2n) is 6.48. The molecule has 2 aliphatic rings. The Hall–Kier alpha value is -1.78. The number of nitrogens with zero attached hydrogens (tertiary/aromatic N) is 1. The van der Waals surface area contributed by atoms with Gasteiger partial charge in [-0.05, 0) is 37.4 Å². The number of halogens is 1. The molecule has 4 nitrogen and oxygen atoms in total. The zero-order valence-corrected chi connectivity index (χ0v) is 14.6. The number of aromatic nitrogens is 1. The number of nitrogens with one attached hydrogen (secondary N) is 1. The summed E-state index contributed by atoms with van der Waals surface area (Å²) in [7, 11) is 1.69. The summed E-state index contributed by atoms with van der Waals surface area (Å²) < 4.78 is 11.9. The number of fused-ring (bicyclic) bond motifs is 2. The number of methoxy groups -OCH3 is 1. The first kappa shape index (κ1) is 17.1. The van der Waals surface area contributed by atoms with Crippen LogP contribution in [-0.4, -0.2) is 31.3 Å². The zero-order valence-electron chi connectivity index (χ0n) is 13.8. The summed E-state index contributed by atoms with van der Waals surface area (Å²) in [5.41, 5.74) is 2.02. The first-order valence-electron chi connectivity index (χ1n) is 8.30. The maximum atomic E-state index is 6.45. The Balaban J connectivity index is 0.00000169. The molecule has 5 heteroatoms. The van der Waals surface area contributed by atoms with Gasteiger partial charge in [-0.15, -0.1) is 12.4 Å². The Labute approximate surface area is 149 Å². The molecule has 2 bridgehead atoms. The van der Waals surface area contributed by atoms with Crippen LogP contribution in [0.5, 0.6) is 11.5 Å². The van der Waals surface area contributed by atoms with Crippen molar-refractivity contribution in [2.24, 2.45) is 11.8 Å². The van der Waals surface area contributed by atoms with Crippen LogP contribution in [-0.2, 0) is 0 Å². The molecule has 1 N–H and O–H groups in total. The summed E-state index contributed by atoms with van der Waals surface area (Å²) in [6, 6.07) is 10.1. The number of ether oxygens (including phenoxy) is 2. The van der Waals surface area contributed by atoms with Crippen molar-refractivity contribution in [2.75, 3.05) is 20.2 Å². The lowest BCUT2D eigenvalue weighted by Crippen LogP contribution is -2.34. The molecule has 1 aliphatic carbocycles. The molecule has 0 spiro atoms. The number of hydrogen-bond acceptors (Lipinski definition) is 4. The van der Waals surface area contributed by atoms with Crippen molar-refractivity contribution in [1.29, 1.82) is 0 Å². The standard InChI is InChI=1S/C19H22N2O2.ClH/c1-22-17-6-7-20-12-16(17)15-4-2-3-5-18(15)23-19-9-13-8-14(19)11-21-10-13;/h2-7,12-14,19,21H,8-11H2,1H3;1H/t13-,14-,19+;/m1./s1. The number of rotatable bonds is 4. The molecule has 1 saturated carbocycles. The molecule has 2 aromatic rings. The van der Waals surface area contributed by atoms with Gasteiger partial charge in [-0.3, -0.25) is 4.98 Å². The Morgan fingerprint density at radius 3 is 2.75 bits per heavy atom. The van der Waals surface area contributed by atoms with Gasteiger partial charge in [0.25, 0.3) is 0 Å². The van der Waals surface area contributed by atoms with E-state index in [1.165, 1.54) is 6.42 Å². The third kappa shape index (κ3) is 3.21. The maximum absolute atomic E-state index is 6.45. The van der Waals surface area contributed by atoms with Crippen LogP contribution in [0.15, 0.2) is 42.7 Å². The summed E-state index contributed by atoms with van der Waals surface area (Å²) >= 11 is 0. The smallest absolute Gasteiger partial charge is 0.129 e. The molecule has 0 unspecified atom stereocenters. The molecule has 128 valence electrons. The van der Waals surface area contributed by atoms with E-state index in [1.54, 1.807) is 13.3 Å². The normalized spacial score (nSPS) is 25.0. The molecule has 1 saturated heterocycles. The summed E-state index contributed by atoms with van der Waals surface area (Å²) in [4.78, 5) is 4.25. The quantitative estimate of drug-likeness (QED) is 0.919. The molecule has 2 heterocycles. The molecule has 1 aromatic heterocycles. The van der Waals surface area contributed by atoms with Gasteiger partial charge in [0.15, 0.2) is 0 Å². The number of piperidine rings is 1. The highest BCUT2D eigenvalue weighted by atomic mass is 35.5. The van der Waals surface area contributed by atoms with Crippen molar-refractivity contribution in [1.82, 2.24) is 10.3 Å². The predicted molar refractivity (Wildman–Crippen MR) is 97.0 cm³/mol. The first-order valence-corrected chi connectivity index (χ1v) is 8.30. The van der Waals surface area contributed by atoms with E-state index in [0.29, 0.717) is 12.0 Å². The average Bonchev–Trinajstić information content (AvgIpc) is 2.88. The van der Waals surface area contributed by atoms with Crippen LogP contribution in [0.25, 0.3) is 11.1 Å². The molecule has 0 radical (unpaired) electrons. The molecule has 4 rings (SSSR count). The van der Waals surface area contributed by atoms with Crippen LogP contribution in [0.1, 0.15) is 12.8 Å². The van der Waals surface area contributed by atoms with E-state index < -0.39 is 0 Å². The van der Waals surface area contributed by atoms with Crippen molar-refractivity contribution in [2.45, 2.75) is 18.9 Å². The van der Waals surface area contributed by atoms with Crippen LogP contribution < -0.4 is 14.8 Å². The highest BCUT2D eigenvalue weighted by molar-refractivity contribution is 5.85. The minimum atomic E-state index is 0. The summed E-state index contributed by atoms with van der Waals surface area (Å²) in [5, 5.41) is 3.52. The van der Waals surface area contributed by atoms with Gasteiger partial charge in [-0.2, -0.15) is 0 Å². The molecular weight excluding hydrogens is 324 g/mol. The maximum Gasteiger partial charge on any atom is 0.129 e. The summed E-state index contributed by atoms with van der Waals surface area (Å²) in [5.74, 6) is 3.13. The molecule has 24 heavy (non-hydrogen) atoms. The zero-order chi connectivity index (χ0) is 15.6. The topological polar surface area (TPSA) is 43.4 Å². The second-order valence-corrected chi connectivity index (χ2v) is 6.48. The third-order valence-electron chi connectivity index (χ3n) is 5.02. The SMILES string of the molecule is COc1ccncc1-c1ccccc1O[C@H]1C[C@@H]2CNC[C@H]1C2.Cl. The summed E-state index contributed by atoms with van der Waals surface area (Å²) in [6.07, 6.45) is 6.33. The van der Waals surface area contributed by atoms with Crippen molar-refractivity contribution < 1.29 is 9.47 Å². The van der Waals surface area contributed by atoms with Gasteiger partial charge >= 0.3 is 0 Å². The fraction of sp³-hybridized carbons (Fsp3) is 0.421. The number of pyridine rings is 1. The van der Waals surface area contributed by atoms with Gasteiger partial charge in [-0.1, -0.05) is 18.2 Å². The average molecular weight is 347 g/mol. The van der Waals surface area contributed by atoms with E-state index in [-0.39, 0.29) is 12.4 Å². The molecule has 0 amide bonds. The van der Waals surface area contributed by atoms with Gasteiger partial charge < -0.3 is 14.8 Å². The van der Waals surface area contributed by atoms with E-state index >= 15 is 0 Å². The predicted octanol–water partition coefficient (Wildman–Crippen LogP) is 3.56. The van der Waals surface area contributed by atoms with Gasteiger partial charge in [0.05, 0.1) is 7.11 Å². The van der Waals surface area contributed by atoms with E-state index in [4.69, 9.17) is 9.47 Å². The lowest BCUT2D eigenvalue weighted by atomic mass is 10.0. The summed E-state index contributed by atoms with van der Waals surface area (Å²) in [6.45, 7) is 2.20. The van der Waals surface area contributed by atoms with Crippen molar-refractivity contribution in [3.05, 3.63) is 42.7 Å². The molecule has 1 aliphatic heterocycles. The van der Waals surface area contributed by atoms with Crippen LogP contribution in [0.4, 0.5) is 0 Å². The van der Waals surface area contributed by atoms with Gasteiger partial charge in [0, 0.05) is 36.0 Å². The Morgan fingerprint density at radius 1 is 1.04 bits per heavy atom. The van der Waals surface area contributed by atoms with E-state index in [9.17, 15) is 0 Å². The third-order valence-corrected chi connectivity index (χ3v) is 5.02. The van der Waals surface area contributed by atoms with E-state index in [2.05, 4.69) is 22.4 Å². The van der Waals surface area contributed by atoms with Crippen LogP contribution in [0.2, 0.25) is 0 Å². The number of hydrogen-bond donors (Lipinski definition) is 1. The molecule has 3 atom stereocenters. The highest BCUT2D eigenvalue weighted by Crippen LogP contribution is 2.40. The van der Waals surface area contributed by atoms with Crippen LogP contribution in [0.3, 0.4) is 0 Å². The minimum absolute atomic E-state index is 0. The molecule has 2 fully saturated rings. The molecular formula is C19H23ClN2O2. The number of benzene rings is 1. The van der Waals surface area contributed by atoms with Gasteiger partial charge in [0.1, 0.15) is 17.6 Å².